The first-order valence-electron chi connectivity index (χ1n) is 2.95. The molecule has 0 fully saturated rings. The van der Waals surface area contributed by atoms with Crippen LogP contribution in [0.25, 0.3) is 0 Å². The summed E-state index contributed by atoms with van der Waals surface area (Å²) in [5.74, 6) is 0. The number of aldehydes is 1. The molecule has 0 aliphatic rings. The van der Waals surface area contributed by atoms with Crippen LogP contribution in [0.1, 0.15) is 9.67 Å². The van der Waals surface area contributed by atoms with E-state index in [4.69, 9.17) is 0 Å². The zero-order chi connectivity index (χ0) is 7.56. The van der Waals surface area contributed by atoms with Gasteiger partial charge in [0.25, 0.3) is 0 Å². The van der Waals surface area contributed by atoms with E-state index >= 15 is 0 Å². The first kappa shape index (κ1) is 7.28. The highest BCUT2D eigenvalue weighted by Gasteiger charge is 1.98. The Bertz CT molecular complexity index is 229. The number of thiophene rings is 1. The zero-order valence-electron chi connectivity index (χ0n) is 6.00. The molecule has 0 aromatic carbocycles. The van der Waals surface area contributed by atoms with Gasteiger partial charge in [-0.2, -0.15) is 0 Å². The van der Waals surface area contributed by atoms with Crippen molar-refractivity contribution >= 4 is 23.3 Å². The van der Waals surface area contributed by atoms with E-state index in [9.17, 15) is 4.79 Å². The summed E-state index contributed by atoms with van der Waals surface area (Å²) in [4.78, 5) is 13.0. The Balaban J connectivity index is 2.88. The fourth-order valence-electron chi connectivity index (χ4n) is 0.639. The van der Waals surface area contributed by atoms with Crippen LogP contribution in [0.5, 0.6) is 0 Å². The Morgan fingerprint density at radius 1 is 1.60 bits per heavy atom. The van der Waals surface area contributed by atoms with Crippen LogP contribution in [-0.4, -0.2) is 20.4 Å². The maximum absolute atomic E-state index is 10.2. The molecule has 1 heterocycles. The number of carbonyl (C=O) groups excluding carboxylic acids is 1. The van der Waals surface area contributed by atoms with E-state index in [-0.39, 0.29) is 0 Å². The third kappa shape index (κ3) is 1.36. The Labute approximate surface area is 64.1 Å². The zero-order valence-corrected chi connectivity index (χ0v) is 6.81. The first-order chi connectivity index (χ1) is 4.74. The van der Waals surface area contributed by atoms with E-state index in [1.807, 2.05) is 30.4 Å². The standard InChI is InChI=1S/C7H9NOS/c1-8(2)6-3-7(4-9)10-5-6/h3-5H,1-2H3. The molecule has 2 nitrogen and oxygen atoms in total. The van der Waals surface area contributed by atoms with E-state index in [1.165, 1.54) is 11.3 Å². The maximum atomic E-state index is 10.2. The summed E-state index contributed by atoms with van der Waals surface area (Å²) in [5.41, 5.74) is 1.09. The van der Waals surface area contributed by atoms with Crippen molar-refractivity contribution in [3.8, 4) is 0 Å². The molecule has 0 N–H and O–H groups in total. The van der Waals surface area contributed by atoms with Gasteiger partial charge in [-0.15, -0.1) is 11.3 Å². The minimum Gasteiger partial charge on any atom is -0.377 e. The molecule has 0 spiro atoms. The minimum atomic E-state index is 0.781. The van der Waals surface area contributed by atoms with Crippen LogP contribution in [0, 0.1) is 0 Å². The summed E-state index contributed by atoms with van der Waals surface area (Å²) < 4.78 is 0. The van der Waals surface area contributed by atoms with E-state index < -0.39 is 0 Å². The van der Waals surface area contributed by atoms with Gasteiger partial charge in [-0.1, -0.05) is 0 Å². The Hall–Kier alpha value is -0.830. The van der Waals surface area contributed by atoms with Crippen molar-refractivity contribution in [2.75, 3.05) is 19.0 Å². The molecule has 0 amide bonds. The van der Waals surface area contributed by atoms with Crippen LogP contribution in [0.2, 0.25) is 0 Å². The SMILES string of the molecule is CN(C)c1csc(C=O)c1. The smallest absolute Gasteiger partial charge is 0.160 e. The predicted molar refractivity (Wildman–Crippen MR) is 44.0 cm³/mol. The summed E-state index contributed by atoms with van der Waals surface area (Å²) in [7, 11) is 3.91. The third-order valence-corrected chi connectivity index (χ3v) is 2.08. The molecule has 0 atom stereocenters. The molecule has 10 heavy (non-hydrogen) atoms. The van der Waals surface area contributed by atoms with Crippen molar-refractivity contribution in [2.24, 2.45) is 0 Å². The molecule has 1 aromatic rings. The van der Waals surface area contributed by atoms with Crippen molar-refractivity contribution in [1.29, 1.82) is 0 Å². The van der Waals surface area contributed by atoms with Crippen LogP contribution >= 0.6 is 11.3 Å². The topological polar surface area (TPSA) is 20.3 Å². The number of anilines is 1. The van der Waals surface area contributed by atoms with Gasteiger partial charge in [-0.3, -0.25) is 4.79 Å². The Morgan fingerprint density at radius 3 is 2.60 bits per heavy atom. The average molecular weight is 155 g/mol. The maximum Gasteiger partial charge on any atom is 0.160 e. The first-order valence-corrected chi connectivity index (χ1v) is 3.83. The monoisotopic (exact) mass is 155 g/mol. The molecule has 54 valence electrons. The van der Waals surface area contributed by atoms with Crippen molar-refractivity contribution in [2.45, 2.75) is 0 Å². The molecule has 0 unspecified atom stereocenters. The summed E-state index contributed by atoms with van der Waals surface area (Å²) in [5, 5.41) is 1.96. The van der Waals surface area contributed by atoms with Gasteiger partial charge in [-0.05, 0) is 6.07 Å². The highest BCUT2D eigenvalue weighted by atomic mass is 32.1. The van der Waals surface area contributed by atoms with Gasteiger partial charge in [-0.25, -0.2) is 0 Å². The van der Waals surface area contributed by atoms with Gasteiger partial charge in [0.15, 0.2) is 6.29 Å². The normalized spacial score (nSPS) is 9.40. The summed E-state index contributed by atoms with van der Waals surface area (Å²) in [6.45, 7) is 0. The van der Waals surface area contributed by atoms with Crippen molar-refractivity contribution in [3.63, 3.8) is 0 Å². The van der Waals surface area contributed by atoms with Gasteiger partial charge in [0.2, 0.25) is 0 Å². The number of nitrogens with zero attached hydrogens (tertiary/aromatic N) is 1. The van der Waals surface area contributed by atoms with E-state index in [2.05, 4.69) is 0 Å². The molecule has 0 aliphatic heterocycles. The lowest BCUT2D eigenvalue weighted by atomic mass is 10.4. The van der Waals surface area contributed by atoms with Crippen molar-refractivity contribution < 1.29 is 4.79 Å². The molecular weight excluding hydrogens is 146 g/mol. The Morgan fingerprint density at radius 2 is 2.30 bits per heavy atom. The fourth-order valence-corrected chi connectivity index (χ4v) is 1.42. The second-order valence-corrected chi connectivity index (χ2v) is 3.16. The van der Waals surface area contributed by atoms with Crippen LogP contribution in [0.15, 0.2) is 11.4 Å². The quantitative estimate of drug-likeness (QED) is 0.605. The highest BCUT2D eigenvalue weighted by molar-refractivity contribution is 7.12. The third-order valence-electron chi connectivity index (χ3n) is 1.24. The molecule has 0 saturated heterocycles. The molecule has 1 aromatic heterocycles. The Kier molecular flexibility index (Phi) is 2.06. The molecule has 0 bridgehead atoms. The minimum absolute atomic E-state index is 0.781. The molecule has 3 heteroatoms. The summed E-state index contributed by atoms with van der Waals surface area (Å²) in [6, 6.07) is 1.87. The van der Waals surface area contributed by atoms with Crippen LogP contribution < -0.4 is 4.90 Å². The van der Waals surface area contributed by atoms with Gasteiger partial charge in [0.05, 0.1) is 4.88 Å². The van der Waals surface area contributed by atoms with E-state index in [0.29, 0.717) is 0 Å². The molecule has 1 rings (SSSR count). The second kappa shape index (κ2) is 2.84. The van der Waals surface area contributed by atoms with E-state index in [0.717, 1.165) is 16.9 Å². The largest absolute Gasteiger partial charge is 0.377 e. The summed E-state index contributed by atoms with van der Waals surface area (Å²) in [6.07, 6.45) is 0.873. The van der Waals surface area contributed by atoms with Crippen molar-refractivity contribution in [1.82, 2.24) is 0 Å². The van der Waals surface area contributed by atoms with Gasteiger partial charge < -0.3 is 4.90 Å². The number of carbonyl (C=O) groups is 1. The van der Waals surface area contributed by atoms with Crippen LogP contribution in [-0.2, 0) is 0 Å². The van der Waals surface area contributed by atoms with Crippen LogP contribution in [0.3, 0.4) is 0 Å². The van der Waals surface area contributed by atoms with Gasteiger partial charge >= 0.3 is 0 Å². The number of hydrogen-bond donors (Lipinski definition) is 0. The van der Waals surface area contributed by atoms with Crippen LogP contribution in [0.4, 0.5) is 5.69 Å². The summed E-state index contributed by atoms with van der Waals surface area (Å²) >= 11 is 1.47. The second-order valence-electron chi connectivity index (χ2n) is 2.22. The van der Waals surface area contributed by atoms with E-state index in [1.54, 1.807) is 0 Å². The molecule has 0 saturated carbocycles. The fraction of sp³-hybridized carbons (Fsp3) is 0.286. The lowest BCUT2D eigenvalue weighted by Gasteiger charge is -2.07. The van der Waals surface area contributed by atoms with Crippen molar-refractivity contribution in [3.05, 3.63) is 16.3 Å². The highest BCUT2D eigenvalue weighted by Crippen LogP contribution is 2.19. The lowest BCUT2D eigenvalue weighted by molar-refractivity contribution is 0.112. The average Bonchev–Trinajstić information content (AvgIpc) is 2.34. The molecule has 0 radical (unpaired) electrons. The van der Waals surface area contributed by atoms with Gasteiger partial charge in [0, 0.05) is 25.2 Å². The molecular formula is C7H9NOS. The number of hydrogen-bond acceptors (Lipinski definition) is 3. The lowest BCUT2D eigenvalue weighted by Crippen LogP contribution is -2.06. The predicted octanol–water partition coefficient (Wildman–Crippen LogP) is 1.63. The molecule has 0 aliphatic carbocycles. The van der Waals surface area contributed by atoms with Gasteiger partial charge in [0.1, 0.15) is 0 Å². The number of rotatable bonds is 2.